The van der Waals surface area contributed by atoms with Crippen molar-refractivity contribution < 1.29 is 27.9 Å². The number of hydrogen-bond donors (Lipinski definition) is 1. The molecule has 0 radical (unpaired) electrons. The van der Waals surface area contributed by atoms with Gasteiger partial charge in [-0.2, -0.15) is 5.26 Å². The lowest BCUT2D eigenvalue weighted by Crippen LogP contribution is -2.64. The molecule has 2 saturated heterocycles. The summed E-state index contributed by atoms with van der Waals surface area (Å²) >= 11 is 5.96. The lowest BCUT2D eigenvalue weighted by Gasteiger charge is -2.45. The first-order valence-corrected chi connectivity index (χ1v) is 14.7. The number of ether oxygens (including phenoxy) is 1. The molecule has 1 aromatic heterocycles. The molecule has 228 valence electrons. The largest absolute Gasteiger partial charge is 0.416 e. The zero-order valence-electron chi connectivity index (χ0n) is 23.9. The van der Waals surface area contributed by atoms with E-state index < -0.39 is 35.1 Å². The summed E-state index contributed by atoms with van der Waals surface area (Å²) in [6, 6.07) is 14.3. The first kappa shape index (κ1) is 31.0. The van der Waals surface area contributed by atoms with E-state index in [1.807, 2.05) is 6.07 Å². The van der Waals surface area contributed by atoms with Gasteiger partial charge in [0.2, 0.25) is 0 Å². The number of piperidine rings is 1. The maximum atomic E-state index is 14.7. The van der Waals surface area contributed by atoms with Gasteiger partial charge in [-0.15, -0.1) is 0 Å². The minimum Gasteiger partial charge on any atom is -0.410 e. The van der Waals surface area contributed by atoms with Crippen LogP contribution in [0.2, 0.25) is 5.02 Å². The number of likely N-dealkylation sites (N-methyl/N-ethyl adjacent to an activating group) is 1. The molecule has 9 nitrogen and oxygen atoms in total. The molecule has 44 heavy (non-hydrogen) atoms. The monoisotopic (exact) mass is 621 g/mol. The summed E-state index contributed by atoms with van der Waals surface area (Å²) in [5.74, 6) is -2.63. The van der Waals surface area contributed by atoms with Crippen LogP contribution in [0, 0.1) is 28.9 Å². The third kappa shape index (κ3) is 6.00. The number of amides is 2. The number of rotatable bonds is 7. The van der Waals surface area contributed by atoms with Gasteiger partial charge in [0.15, 0.2) is 5.78 Å². The second-order valence-corrected chi connectivity index (χ2v) is 11.2. The number of ketones is 1. The predicted octanol–water partition coefficient (Wildman–Crippen LogP) is 4.95. The Morgan fingerprint density at radius 2 is 1.86 bits per heavy atom. The van der Waals surface area contributed by atoms with Gasteiger partial charge in [-0.3, -0.25) is 14.5 Å². The third-order valence-electron chi connectivity index (χ3n) is 8.41. The summed E-state index contributed by atoms with van der Waals surface area (Å²) in [5, 5.41) is 12.2. The van der Waals surface area contributed by atoms with Crippen LogP contribution in [0.5, 0.6) is 5.75 Å². The van der Waals surface area contributed by atoms with Gasteiger partial charge in [-0.05, 0) is 73.9 Å². The highest BCUT2D eigenvalue weighted by Gasteiger charge is 2.57. The Labute approximate surface area is 258 Å². The van der Waals surface area contributed by atoms with Crippen LogP contribution >= 0.6 is 11.6 Å². The molecule has 0 saturated carbocycles. The van der Waals surface area contributed by atoms with E-state index in [0.29, 0.717) is 37.1 Å². The number of aromatic nitrogens is 1. The highest BCUT2D eigenvalue weighted by atomic mass is 35.5. The molecule has 2 aliphatic heterocycles. The summed E-state index contributed by atoms with van der Waals surface area (Å²) in [5.41, 5.74) is -0.398. The molecule has 1 N–H and O–H groups in total. The van der Waals surface area contributed by atoms with E-state index in [-0.39, 0.29) is 47.8 Å². The van der Waals surface area contributed by atoms with Crippen molar-refractivity contribution in [2.24, 2.45) is 5.92 Å². The van der Waals surface area contributed by atoms with Crippen molar-refractivity contribution in [3.05, 3.63) is 94.3 Å². The van der Waals surface area contributed by atoms with E-state index in [2.05, 4.69) is 10.3 Å². The maximum Gasteiger partial charge on any atom is 0.416 e. The topological polar surface area (TPSA) is 116 Å². The molecule has 2 aliphatic rings. The Morgan fingerprint density at radius 1 is 1.14 bits per heavy atom. The van der Waals surface area contributed by atoms with E-state index in [4.69, 9.17) is 21.6 Å². The van der Waals surface area contributed by atoms with Gasteiger partial charge in [-0.1, -0.05) is 17.7 Å². The quantitative estimate of drug-likeness (QED) is 0.397. The summed E-state index contributed by atoms with van der Waals surface area (Å²) in [4.78, 5) is 48.5. The predicted molar refractivity (Wildman–Crippen MR) is 157 cm³/mol. The number of pyridine rings is 1. The Bertz CT molecular complexity index is 1590. The zero-order valence-corrected chi connectivity index (χ0v) is 24.7. The van der Waals surface area contributed by atoms with Gasteiger partial charge in [-0.25, -0.2) is 18.6 Å². The summed E-state index contributed by atoms with van der Waals surface area (Å²) in [6.07, 6.45) is 1.26. The minimum absolute atomic E-state index is 0.0609. The number of carbonyl (C=O) groups excluding carboxylic acids is 3. The van der Waals surface area contributed by atoms with E-state index in [0.717, 1.165) is 0 Å². The Hall–Kier alpha value is -4.40. The Balaban J connectivity index is 1.43. The number of carbonyl (C=O) groups is 3. The van der Waals surface area contributed by atoms with Crippen molar-refractivity contribution in [2.45, 2.75) is 31.2 Å². The lowest BCUT2D eigenvalue weighted by molar-refractivity contribution is -0.135. The maximum absolute atomic E-state index is 14.7. The molecule has 0 unspecified atom stereocenters. The molecule has 5 rings (SSSR count). The molecule has 2 atom stereocenters. The molecule has 3 heterocycles. The van der Waals surface area contributed by atoms with Crippen LogP contribution in [0.25, 0.3) is 0 Å². The molecule has 2 fully saturated rings. The molecule has 0 bridgehead atoms. The number of nitriles is 1. The zero-order chi connectivity index (χ0) is 31.4. The molecular formula is C32H30ClF2N5O4. The molecule has 0 aliphatic carbocycles. The van der Waals surface area contributed by atoms with Crippen LogP contribution in [-0.2, 0) is 4.79 Å². The van der Waals surface area contributed by atoms with Gasteiger partial charge in [0.05, 0.1) is 10.6 Å². The van der Waals surface area contributed by atoms with Crippen LogP contribution < -0.4 is 10.1 Å². The lowest BCUT2D eigenvalue weighted by atomic mass is 9.71. The number of nitrogens with zero attached hydrogens (tertiary/aromatic N) is 4. The smallest absolute Gasteiger partial charge is 0.410 e. The van der Waals surface area contributed by atoms with Crippen LogP contribution in [0.4, 0.5) is 13.6 Å². The summed E-state index contributed by atoms with van der Waals surface area (Å²) in [6.45, 7) is 2.81. The van der Waals surface area contributed by atoms with E-state index in [1.54, 1.807) is 24.0 Å². The van der Waals surface area contributed by atoms with Crippen LogP contribution in [0.1, 0.15) is 47.3 Å². The van der Waals surface area contributed by atoms with Gasteiger partial charge < -0.3 is 15.0 Å². The van der Waals surface area contributed by atoms with Crippen LogP contribution in [-0.4, -0.2) is 70.8 Å². The second-order valence-electron chi connectivity index (χ2n) is 10.8. The van der Waals surface area contributed by atoms with Crippen LogP contribution in [0.3, 0.4) is 0 Å². The van der Waals surface area contributed by atoms with E-state index in [9.17, 15) is 23.2 Å². The van der Waals surface area contributed by atoms with Gasteiger partial charge >= 0.3 is 6.09 Å². The number of likely N-dealkylation sites (tertiary alicyclic amines) is 1. The van der Waals surface area contributed by atoms with Crippen molar-refractivity contribution in [3.8, 4) is 11.8 Å². The number of Topliss-reactive ketones (excluding diaryl/α,β-unsaturated/α-hetero) is 1. The first-order chi connectivity index (χ1) is 21.2. The van der Waals surface area contributed by atoms with Gasteiger partial charge in [0, 0.05) is 50.8 Å². The normalized spacial score (nSPS) is 20.2. The fourth-order valence-electron chi connectivity index (χ4n) is 6.20. The van der Waals surface area contributed by atoms with Crippen LogP contribution in [0.15, 0.2) is 60.8 Å². The average Bonchev–Trinajstić information content (AvgIpc) is 3.48. The second kappa shape index (κ2) is 13.1. The number of benzene rings is 2. The molecule has 2 amide bonds. The fourth-order valence-corrected chi connectivity index (χ4v) is 6.31. The minimum atomic E-state index is -1.44. The summed E-state index contributed by atoms with van der Waals surface area (Å²) < 4.78 is 33.8. The molecule has 12 heteroatoms. The van der Waals surface area contributed by atoms with Crippen molar-refractivity contribution in [3.63, 3.8) is 0 Å². The van der Waals surface area contributed by atoms with E-state index >= 15 is 0 Å². The number of hydrogen-bond acceptors (Lipinski definition) is 7. The Kier molecular flexibility index (Phi) is 9.22. The van der Waals surface area contributed by atoms with Gasteiger partial charge in [0.25, 0.3) is 5.91 Å². The molecule has 3 aromatic rings. The third-order valence-corrected chi connectivity index (χ3v) is 8.71. The SMILES string of the molecule is CCN(C(=O)Oc1ccc(F)cc1)[C@]1(C(=O)C2CCN(C(=O)c3ccc(C#N)nc3)CC2)CNC[C@H]1c1ccc(Cl)c(F)c1. The first-order valence-electron chi connectivity index (χ1n) is 14.3. The van der Waals surface area contributed by atoms with Crippen molar-refractivity contribution in [2.75, 3.05) is 32.7 Å². The number of nitrogens with one attached hydrogen (secondary N) is 1. The standard InChI is InChI=1S/C32H30ClF2N5O4/c1-2-40(31(43)44-25-8-5-23(34)6-9-25)32(19-37-18-26(32)21-4-10-27(33)28(35)15-21)29(41)20-11-13-39(14-12-20)30(42)22-3-7-24(16-36)38-17-22/h3-10,15,17,20,26,37H,2,11-14,18-19H2,1H3/t26-,32+/m0/s1. The van der Waals surface area contributed by atoms with Crippen molar-refractivity contribution in [1.29, 1.82) is 5.26 Å². The highest BCUT2D eigenvalue weighted by molar-refractivity contribution is 6.30. The van der Waals surface area contributed by atoms with Crippen molar-refractivity contribution >= 4 is 29.4 Å². The molecule has 0 spiro atoms. The average molecular weight is 622 g/mol. The van der Waals surface area contributed by atoms with Crippen molar-refractivity contribution in [1.82, 2.24) is 20.1 Å². The molecule has 2 aromatic carbocycles. The fraction of sp³-hybridized carbons (Fsp3) is 0.344. The highest BCUT2D eigenvalue weighted by Crippen LogP contribution is 2.42. The van der Waals surface area contributed by atoms with E-state index in [1.165, 1.54) is 53.6 Å². The molecular weight excluding hydrogens is 592 g/mol. The number of halogens is 3. The summed E-state index contributed by atoms with van der Waals surface area (Å²) in [7, 11) is 0. The Morgan fingerprint density at radius 3 is 2.48 bits per heavy atom. The van der Waals surface area contributed by atoms with Gasteiger partial charge in [0.1, 0.15) is 34.7 Å².